The quantitative estimate of drug-likeness (QED) is 0.458. The summed E-state index contributed by atoms with van der Waals surface area (Å²) in [5.74, 6) is -2.31. The smallest absolute Gasteiger partial charge is 0.326 e. The molecule has 0 bridgehead atoms. The van der Waals surface area contributed by atoms with Gasteiger partial charge in [0.25, 0.3) is 5.91 Å². The summed E-state index contributed by atoms with van der Waals surface area (Å²) in [5.41, 5.74) is 4.30. The van der Waals surface area contributed by atoms with Crippen molar-refractivity contribution < 1.29 is 30.6 Å². The molecule has 7 heteroatoms. The predicted molar refractivity (Wildman–Crippen MR) is 94.5 cm³/mol. The zero-order valence-corrected chi connectivity index (χ0v) is 14.5. The summed E-state index contributed by atoms with van der Waals surface area (Å²) < 4.78 is 0. The van der Waals surface area contributed by atoms with Gasteiger partial charge in [0.15, 0.2) is 17.0 Å². The Balaban J connectivity index is 2.09. The monoisotopic (exact) mass is 359 g/mol. The van der Waals surface area contributed by atoms with Crippen molar-refractivity contribution in [3.05, 3.63) is 59.7 Å². The predicted octanol–water partition coefficient (Wildman–Crippen LogP) is 0.453. The Hall–Kier alpha value is -3.06. The van der Waals surface area contributed by atoms with Gasteiger partial charge in [-0.1, -0.05) is 36.4 Å². The molecule has 0 aromatic heterocycles. The summed E-state index contributed by atoms with van der Waals surface area (Å²) in [5, 5.41) is 30.8. The Kier molecular flexibility index (Phi) is 5.84. The van der Waals surface area contributed by atoms with Gasteiger partial charge in [-0.05, 0) is 23.3 Å². The van der Waals surface area contributed by atoms with E-state index in [1.165, 1.54) is 18.2 Å². The molecule has 2 aromatic carbocycles. The molecule has 2 atom stereocenters. The van der Waals surface area contributed by atoms with E-state index in [2.05, 4.69) is 11.1 Å². The molecule has 138 valence electrons. The molecule has 26 heavy (non-hydrogen) atoms. The number of nitrogens with one attached hydrogen (secondary N) is 1. The number of quaternary nitrogens is 1. The van der Waals surface area contributed by atoms with Gasteiger partial charge in [-0.3, -0.25) is 4.79 Å². The summed E-state index contributed by atoms with van der Waals surface area (Å²) >= 11 is 0. The van der Waals surface area contributed by atoms with E-state index in [4.69, 9.17) is 0 Å². The molecule has 7 nitrogen and oxygen atoms in total. The third-order valence-electron chi connectivity index (χ3n) is 4.07. The molecular formula is C19H23N2O5+. The maximum atomic E-state index is 12.6. The number of rotatable bonds is 7. The lowest BCUT2D eigenvalue weighted by atomic mass is 9.92. The number of phenols is 2. The van der Waals surface area contributed by atoms with E-state index >= 15 is 0 Å². The minimum absolute atomic E-state index is 0.0314. The lowest BCUT2D eigenvalue weighted by Crippen LogP contribution is -2.78. The molecule has 0 radical (unpaired) electrons. The van der Waals surface area contributed by atoms with Crippen molar-refractivity contribution in [1.82, 2.24) is 5.32 Å². The Morgan fingerprint density at radius 3 is 2.31 bits per heavy atom. The van der Waals surface area contributed by atoms with Gasteiger partial charge >= 0.3 is 5.97 Å². The van der Waals surface area contributed by atoms with E-state index in [-0.39, 0.29) is 17.9 Å². The number of benzene rings is 2. The molecule has 7 N–H and O–H groups in total. The van der Waals surface area contributed by atoms with E-state index in [0.717, 1.165) is 5.56 Å². The number of aromatic hydroxyl groups is 2. The van der Waals surface area contributed by atoms with Crippen LogP contribution in [-0.2, 0) is 22.4 Å². The molecule has 0 saturated heterocycles. The molecule has 1 amide bonds. The second-order valence-corrected chi connectivity index (χ2v) is 6.61. The highest BCUT2D eigenvalue weighted by molar-refractivity contribution is 5.88. The number of hydrogen-bond donors (Lipinski definition) is 5. The SMILES string of the molecule is C[C@]([NH3+])(Cc1ccccc1)C(=O)NC(Cc1ccc(O)c(O)c1)C(=O)O. The molecule has 0 fully saturated rings. The maximum absolute atomic E-state index is 12.6. The molecular weight excluding hydrogens is 336 g/mol. The number of carboxylic acids is 1. The average molecular weight is 359 g/mol. The summed E-state index contributed by atoms with van der Waals surface area (Å²) in [6, 6.07) is 12.2. The fraction of sp³-hybridized carbons (Fsp3) is 0.263. The van der Waals surface area contributed by atoms with Crippen LogP contribution in [0.5, 0.6) is 11.5 Å². The minimum atomic E-state index is -1.19. The molecule has 2 aromatic rings. The number of phenolic OH excluding ortho intramolecular Hbond substituents is 2. The highest BCUT2D eigenvalue weighted by Gasteiger charge is 2.35. The van der Waals surface area contributed by atoms with Gasteiger partial charge in [0, 0.05) is 19.8 Å². The van der Waals surface area contributed by atoms with E-state index in [1.807, 2.05) is 30.3 Å². The van der Waals surface area contributed by atoms with Crippen LogP contribution in [0.15, 0.2) is 48.5 Å². The van der Waals surface area contributed by atoms with Crippen molar-refractivity contribution in [2.45, 2.75) is 31.3 Å². The first kappa shape index (κ1) is 19.3. The van der Waals surface area contributed by atoms with E-state index in [0.29, 0.717) is 12.0 Å². The maximum Gasteiger partial charge on any atom is 0.326 e. The van der Waals surface area contributed by atoms with Crippen molar-refractivity contribution in [2.75, 3.05) is 0 Å². The first-order chi connectivity index (χ1) is 12.2. The van der Waals surface area contributed by atoms with Crippen LogP contribution in [-0.4, -0.2) is 38.8 Å². The van der Waals surface area contributed by atoms with Gasteiger partial charge in [0.2, 0.25) is 0 Å². The standard InChI is InChI=1S/C19H22N2O5/c1-19(20,11-12-5-3-2-4-6-12)18(26)21-14(17(24)25)9-13-7-8-15(22)16(23)10-13/h2-8,10,14,22-23H,9,11,20H2,1H3,(H,21,26)(H,24,25)/p+1/t14?,19-/m0/s1. The highest BCUT2D eigenvalue weighted by atomic mass is 16.4. The number of aliphatic carboxylic acids is 1. The number of carbonyl (C=O) groups excluding carboxylic acids is 1. The molecule has 0 spiro atoms. The van der Waals surface area contributed by atoms with Crippen LogP contribution in [0.4, 0.5) is 0 Å². The number of hydrogen-bond acceptors (Lipinski definition) is 4. The Labute approximate surface area is 151 Å². The lowest BCUT2D eigenvalue weighted by Gasteiger charge is -2.23. The Morgan fingerprint density at radius 2 is 1.73 bits per heavy atom. The van der Waals surface area contributed by atoms with Crippen molar-refractivity contribution in [1.29, 1.82) is 0 Å². The molecule has 0 aliphatic heterocycles. The normalized spacial score (nSPS) is 14.2. The second kappa shape index (κ2) is 7.88. The second-order valence-electron chi connectivity index (χ2n) is 6.61. The van der Waals surface area contributed by atoms with Gasteiger partial charge < -0.3 is 26.4 Å². The highest BCUT2D eigenvalue weighted by Crippen LogP contribution is 2.25. The Bertz CT molecular complexity index is 790. The molecule has 1 unspecified atom stereocenters. The van der Waals surface area contributed by atoms with Gasteiger partial charge in [0.1, 0.15) is 6.04 Å². The van der Waals surface area contributed by atoms with Crippen LogP contribution in [0.2, 0.25) is 0 Å². The van der Waals surface area contributed by atoms with Gasteiger partial charge in [-0.15, -0.1) is 0 Å². The largest absolute Gasteiger partial charge is 0.504 e. The van der Waals surface area contributed by atoms with Gasteiger partial charge in [0.05, 0.1) is 0 Å². The first-order valence-corrected chi connectivity index (χ1v) is 8.13. The number of amides is 1. The molecule has 0 heterocycles. The zero-order valence-electron chi connectivity index (χ0n) is 14.5. The fourth-order valence-corrected chi connectivity index (χ4v) is 2.59. The fourth-order valence-electron chi connectivity index (χ4n) is 2.59. The van der Waals surface area contributed by atoms with Crippen molar-refractivity contribution in [2.24, 2.45) is 0 Å². The molecule has 0 aliphatic rings. The summed E-state index contributed by atoms with van der Waals surface area (Å²) in [6.07, 6.45) is 0.336. The zero-order chi connectivity index (χ0) is 19.3. The van der Waals surface area contributed by atoms with E-state index in [9.17, 15) is 24.9 Å². The minimum Gasteiger partial charge on any atom is -0.504 e. The van der Waals surface area contributed by atoms with Crippen molar-refractivity contribution >= 4 is 11.9 Å². The van der Waals surface area contributed by atoms with Crippen molar-refractivity contribution in [3.63, 3.8) is 0 Å². The van der Waals surface area contributed by atoms with Gasteiger partial charge in [-0.25, -0.2) is 4.79 Å². The molecule has 0 aliphatic carbocycles. The third-order valence-corrected chi connectivity index (χ3v) is 4.07. The van der Waals surface area contributed by atoms with Crippen LogP contribution < -0.4 is 11.1 Å². The van der Waals surface area contributed by atoms with Crippen LogP contribution in [0.25, 0.3) is 0 Å². The van der Waals surface area contributed by atoms with E-state index in [1.54, 1.807) is 6.92 Å². The Morgan fingerprint density at radius 1 is 1.08 bits per heavy atom. The number of carboxylic acid groups (broad SMARTS) is 1. The number of carbonyl (C=O) groups is 2. The summed E-state index contributed by atoms with van der Waals surface area (Å²) in [7, 11) is 0. The topological polar surface area (TPSA) is 134 Å². The van der Waals surface area contributed by atoms with Crippen molar-refractivity contribution in [3.8, 4) is 11.5 Å². The van der Waals surface area contributed by atoms with Crippen LogP contribution in [0, 0.1) is 0 Å². The summed E-state index contributed by atoms with van der Waals surface area (Å²) in [4.78, 5) is 24.1. The van der Waals surface area contributed by atoms with Crippen LogP contribution >= 0.6 is 0 Å². The lowest BCUT2D eigenvalue weighted by molar-refractivity contribution is -0.451. The first-order valence-electron chi connectivity index (χ1n) is 8.13. The molecule has 2 rings (SSSR count). The summed E-state index contributed by atoms with van der Waals surface area (Å²) in [6.45, 7) is 1.65. The third kappa shape index (κ3) is 4.97. The molecule has 0 saturated carbocycles. The van der Waals surface area contributed by atoms with Gasteiger partial charge in [-0.2, -0.15) is 0 Å². The van der Waals surface area contributed by atoms with Crippen LogP contribution in [0.1, 0.15) is 18.1 Å². The van der Waals surface area contributed by atoms with Crippen LogP contribution in [0.3, 0.4) is 0 Å². The average Bonchev–Trinajstić information content (AvgIpc) is 2.57. The van der Waals surface area contributed by atoms with E-state index < -0.39 is 23.5 Å².